The second-order valence-corrected chi connectivity index (χ2v) is 8.95. The van der Waals surface area contributed by atoms with Crippen LogP contribution in [0.3, 0.4) is 0 Å². The number of rotatable bonds is 0. The predicted octanol–water partition coefficient (Wildman–Crippen LogP) is 2.51. The van der Waals surface area contributed by atoms with E-state index in [1.807, 2.05) is 0 Å². The van der Waals surface area contributed by atoms with Crippen molar-refractivity contribution in [1.29, 1.82) is 0 Å². The molecule has 0 radical (unpaired) electrons. The maximum atomic E-state index is 10.6. The Morgan fingerprint density at radius 1 is 0.529 bits per heavy atom. The van der Waals surface area contributed by atoms with Gasteiger partial charge in [-0.1, -0.05) is 23.2 Å². The molecule has 2 aromatic carbocycles. The Labute approximate surface area is 210 Å². The van der Waals surface area contributed by atoms with Crippen LogP contribution < -0.4 is 21.3 Å². The molecule has 0 aliphatic carbocycles. The number of ether oxygens (including phenoxy) is 2. The van der Waals surface area contributed by atoms with Gasteiger partial charge in [0.05, 0.1) is 26.4 Å². The number of phenolic OH excluding ortho intramolecular Hbond substituents is 2. The summed E-state index contributed by atoms with van der Waals surface area (Å²) in [7, 11) is 0. The molecule has 34 heavy (non-hydrogen) atoms. The van der Waals surface area contributed by atoms with Crippen molar-refractivity contribution in [2.75, 3.05) is 52.6 Å². The fourth-order valence-corrected chi connectivity index (χ4v) is 4.17. The zero-order chi connectivity index (χ0) is 24.2. The van der Waals surface area contributed by atoms with Gasteiger partial charge >= 0.3 is 0 Å². The molecule has 188 valence electrons. The molecule has 2 aromatic rings. The van der Waals surface area contributed by atoms with Crippen molar-refractivity contribution in [2.24, 2.45) is 0 Å². The highest BCUT2D eigenvalue weighted by Gasteiger charge is 2.11. The quantitative estimate of drug-likeness (QED) is 0.319. The molecule has 3 rings (SSSR count). The number of hydrogen-bond donors (Lipinski definition) is 6. The van der Waals surface area contributed by atoms with Gasteiger partial charge in [-0.2, -0.15) is 0 Å². The zero-order valence-electron chi connectivity index (χ0n) is 19.3. The summed E-state index contributed by atoms with van der Waals surface area (Å²) >= 11 is 12.5. The number of nitrogens with one attached hydrogen (secondary N) is 4. The first-order valence-corrected chi connectivity index (χ1v) is 12.3. The molecule has 1 aliphatic rings. The van der Waals surface area contributed by atoms with E-state index >= 15 is 0 Å². The maximum Gasteiger partial charge on any atom is 0.124 e. The largest absolute Gasteiger partial charge is 0.507 e. The molecule has 0 fully saturated rings. The summed E-state index contributed by atoms with van der Waals surface area (Å²) in [5.41, 5.74) is 3.01. The van der Waals surface area contributed by atoms with Gasteiger partial charge in [-0.25, -0.2) is 0 Å². The number of fused-ring (bicyclic) bond motifs is 4. The molecule has 1 aliphatic heterocycles. The average molecular weight is 513 g/mol. The smallest absolute Gasteiger partial charge is 0.124 e. The lowest BCUT2D eigenvalue weighted by molar-refractivity contribution is 0.137. The van der Waals surface area contributed by atoms with Gasteiger partial charge in [0.25, 0.3) is 0 Å². The lowest BCUT2D eigenvalue weighted by Crippen LogP contribution is -2.25. The van der Waals surface area contributed by atoms with E-state index in [0.717, 1.165) is 22.3 Å². The normalized spacial score (nSPS) is 18.2. The Kier molecular flexibility index (Phi) is 11.7. The van der Waals surface area contributed by atoms with E-state index in [2.05, 4.69) is 21.3 Å². The number of halogens is 2. The SMILES string of the molecule is Oc1c2cc(Cl)cc1CNCCOCCNCc1cc(Cl)cc(c1O)CNCCOCCNC2. The van der Waals surface area contributed by atoms with Crippen molar-refractivity contribution >= 4 is 23.2 Å². The van der Waals surface area contributed by atoms with Crippen LogP contribution in [0.15, 0.2) is 24.3 Å². The highest BCUT2D eigenvalue weighted by Crippen LogP contribution is 2.28. The molecular weight excluding hydrogens is 479 g/mol. The molecule has 0 saturated heterocycles. The molecule has 8 nitrogen and oxygen atoms in total. The van der Waals surface area contributed by atoms with Crippen LogP contribution in [-0.4, -0.2) is 62.8 Å². The topological polar surface area (TPSA) is 107 Å². The minimum atomic E-state index is 0.251. The van der Waals surface area contributed by atoms with Gasteiger partial charge in [-0.05, 0) is 24.3 Å². The van der Waals surface area contributed by atoms with E-state index in [4.69, 9.17) is 32.7 Å². The van der Waals surface area contributed by atoms with Gasteiger partial charge in [0.2, 0.25) is 0 Å². The lowest BCUT2D eigenvalue weighted by atomic mass is 10.1. The van der Waals surface area contributed by atoms with Gasteiger partial charge < -0.3 is 41.0 Å². The third-order valence-corrected chi connectivity index (χ3v) is 5.86. The summed E-state index contributed by atoms with van der Waals surface area (Å²) in [6, 6.07) is 7.09. The molecule has 0 amide bonds. The van der Waals surface area contributed by atoms with Crippen LogP contribution >= 0.6 is 23.2 Å². The van der Waals surface area contributed by atoms with E-state index in [-0.39, 0.29) is 11.5 Å². The first-order valence-electron chi connectivity index (χ1n) is 11.5. The Morgan fingerprint density at radius 2 is 0.794 bits per heavy atom. The van der Waals surface area contributed by atoms with Crippen molar-refractivity contribution in [2.45, 2.75) is 26.2 Å². The molecule has 4 bridgehead atoms. The van der Waals surface area contributed by atoms with Crippen molar-refractivity contribution in [3.8, 4) is 11.5 Å². The molecule has 0 atom stereocenters. The summed E-state index contributed by atoms with van der Waals surface area (Å²) < 4.78 is 11.3. The van der Waals surface area contributed by atoms with Gasteiger partial charge in [0.1, 0.15) is 11.5 Å². The third kappa shape index (κ3) is 8.87. The van der Waals surface area contributed by atoms with Crippen LogP contribution in [0, 0.1) is 0 Å². The number of hydrogen-bond acceptors (Lipinski definition) is 8. The maximum absolute atomic E-state index is 10.6. The third-order valence-electron chi connectivity index (χ3n) is 5.42. The first-order chi connectivity index (χ1) is 16.5. The Hall–Kier alpha value is -1.62. The monoisotopic (exact) mass is 512 g/mol. The highest BCUT2D eigenvalue weighted by atomic mass is 35.5. The fraction of sp³-hybridized carbons (Fsp3) is 0.500. The van der Waals surface area contributed by atoms with Crippen molar-refractivity contribution in [3.63, 3.8) is 0 Å². The number of aromatic hydroxyl groups is 2. The molecule has 10 heteroatoms. The predicted molar refractivity (Wildman–Crippen MR) is 135 cm³/mol. The summed E-state index contributed by atoms with van der Waals surface area (Å²) in [5, 5.41) is 35.5. The van der Waals surface area contributed by atoms with Gasteiger partial charge in [0.15, 0.2) is 0 Å². The number of benzene rings is 2. The van der Waals surface area contributed by atoms with Crippen molar-refractivity contribution in [3.05, 3.63) is 56.6 Å². The minimum absolute atomic E-state index is 0.251. The molecule has 0 saturated carbocycles. The van der Waals surface area contributed by atoms with Crippen molar-refractivity contribution in [1.82, 2.24) is 21.3 Å². The molecule has 6 N–H and O–H groups in total. The van der Waals surface area contributed by atoms with E-state index in [1.54, 1.807) is 24.3 Å². The highest BCUT2D eigenvalue weighted by molar-refractivity contribution is 6.31. The Balaban J connectivity index is 1.56. The average Bonchev–Trinajstić information content (AvgIpc) is 2.81. The van der Waals surface area contributed by atoms with Crippen LogP contribution in [0.4, 0.5) is 0 Å². The second-order valence-electron chi connectivity index (χ2n) is 8.08. The standard InChI is InChI=1S/C24H34Cl2N4O4/c25-21-9-17-13-27-1-5-33-6-2-28-15-19-11-22(26)12-20(24(19)32)16-30-4-8-34-7-3-29-14-18(10-21)23(17)31/h9-12,27-32H,1-8,13-16H2. The molecule has 0 aromatic heterocycles. The summed E-state index contributed by atoms with van der Waals surface area (Å²) in [4.78, 5) is 0. The zero-order valence-corrected chi connectivity index (χ0v) is 20.8. The van der Waals surface area contributed by atoms with Crippen molar-refractivity contribution < 1.29 is 19.7 Å². The fourth-order valence-electron chi connectivity index (χ4n) is 3.65. The molecule has 0 spiro atoms. The van der Waals surface area contributed by atoms with E-state index in [1.165, 1.54) is 0 Å². The van der Waals surface area contributed by atoms with E-state index in [9.17, 15) is 10.2 Å². The van der Waals surface area contributed by atoms with Crippen LogP contribution in [0.5, 0.6) is 11.5 Å². The molecule has 1 heterocycles. The molecule has 0 unspecified atom stereocenters. The van der Waals surface area contributed by atoms with Crippen LogP contribution in [0.2, 0.25) is 10.0 Å². The van der Waals surface area contributed by atoms with Crippen LogP contribution in [-0.2, 0) is 35.7 Å². The summed E-state index contributed by atoms with van der Waals surface area (Å²) in [6.07, 6.45) is 0. The minimum Gasteiger partial charge on any atom is -0.507 e. The molecular formula is C24H34Cl2N4O4. The summed E-state index contributed by atoms with van der Waals surface area (Å²) in [5.74, 6) is 0.501. The number of phenols is 2. The first kappa shape index (κ1) is 27.0. The van der Waals surface area contributed by atoms with Crippen LogP contribution in [0.25, 0.3) is 0 Å². The van der Waals surface area contributed by atoms with Gasteiger partial charge in [0, 0.05) is 84.7 Å². The van der Waals surface area contributed by atoms with Crippen LogP contribution in [0.1, 0.15) is 22.3 Å². The van der Waals surface area contributed by atoms with Gasteiger partial charge in [-0.15, -0.1) is 0 Å². The second kappa shape index (κ2) is 14.7. The Bertz CT molecular complexity index is 781. The Morgan fingerprint density at radius 3 is 1.06 bits per heavy atom. The van der Waals surface area contributed by atoms with E-state index in [0.29, 0.717) is 88.8 Å². The van der Waals surface area contributed by atoms with Gasteiger partial charge in [-0.3, -0.25) is 0 Å². The lowest BCUT2D eigenvalue weighted by Gasteiger charge is -2.14. The summed E-state index contributed by atoms with van der Waals surface area (Å²) in [6.45, 7) is 6.69. The van der Waals surface area contributed by atoms with E-state index < -0.39 is 0 Å².